The Balaban J connectivity index is 0.000000886. The van der Waals surface area contributed by atoms with Crippen LogP contribution in [0.5, 0.6) is 0 Å². The maximum Gasteiger partial charge on any atom is 0.230 e. The zero-order valence-electron chi connectivity index (χ0n) is 22.0. The Hall–Kier alpha value is -3.81. The van der Waals surface area contributed by atoms with E-state index in [2.05, 4.69) is 24.1 Å². The fraction of sp³-hybridized carbons (Fsp3) is 0.414. The minimum absolute atomic E-state index is 0.00565. The predicted octanol–water partition coefficient (Wildman–Crippen LogP) is 3.61. The summed E-state index contributed by atoms with van der Waals surface area (Å²) < 4.78 is 0. The van der Waals surface area contributed by atoms with E-state index in [1.807, 2.05) is 30.3 Å². The molecule has 2 amide bonds. The van der Waals surface area contributed by atoms with E-state index in [1.165, 1.54) is 31.7 Å². The largest absolute Gasteiger partial charge is 0.358 e. The molecule has 0 saturated carbocycles. The van der Waals surface area contributed by atoms with Gasteiger partial charge in [-0.15, -0.1) is 0 Å². The predicted molar refractivity (Wildman–Crippen MR) is 140 cm³/mol. The molecule has 1 unspecified atom stereocenters. The van der Waals surface area contributed by atoms with Gasteiger partial charge in [0, 0.05) is 31.8 Å². The van der Waals surface area contributed by atoms with E-state index in [0.29, 0.717) is 31.4 Å². The third-order valence-corrected chi connectivity index (χ3v) is 7.08. The molecule has 1 aliphatic carbocycles. The van der Waals surface area contributed by atoms with Crippen LogP contribution in [0.3, 0.4) is 0 Å². The molecule has 2 N–H and O–H groups in total. The summed E-state index contributed by atoms with van der Waals surface area (Å²) in [6.45, 7) is 6.16. The van der Waals surface area contributed by atoms with Gasteiger partial charge in [0.15, 0.2) is 11.6 Å². The van der Waals surface area contributed by atoms with E-state index in [-0.39, 0.29) is 35.1 Å². The molecule has 2 aliphatic rings. The second kappa shape index (κ2) is 12.0. The van der Waals surface area contributed by atoms with E-state index >= 15 is 0 Å². The van der Waals surface area contributed by atoms with Crippen LogP contribution in [-0.4, -0.2) is 58.2 Å². The number of benzene rings is 1. The lowest BCUT2D eigenvalue weighted by atomic mass is 9.78. The first-order valence-corrected chi connectivity index (χ1v) is 12.8. The molecule has 8 nitrogen and oxygen atoms in total. The number of ketones is 3. The highest BCUT2D eigenvalue weighted by atomic mass is 16.2. The first kappa shape index (κ1) is 27.8. The molecule has 37 heavy (non-hydrogen) atoms. The molecule has 0 spiro atoms. The highest BCUT2D eigenvalue weighted by Gasteiger charge is 2.53. The number of fused-ring (bicyclic) bond motifs is 1. The lowest BCUT2D eigenvalue weighted by Crippen LogP contribution is -2.49. The maximum absolute atomic E-state index is 13.4. The van der Waals surface area contributed by atoms with Crippen molar-refractivity contribution in [3.63, 3.8) is 0 Å². The van der Waals surface area contributed by atoms with Gasteiger partial charge in [0.2, 0.25) is 17.6 Å². The van der Waals surface area contributed by atoms with Crippen LogP contribution in [0.15, 0.2) is 48.2 Å². The number of hydrogen-bond acceptors (Lipinski definition) is 5. The smallest absolute Gasteiger partial charge is 0.230 e. The van der Waals surface area contributed by atoms with Crippen LogP contribution in [0, 0.1) is 0 Å². The fourth-order valence-electron chi connectivity index (χ4n) is 4.40. The van der Waals surface area contributed by atoms with Crippen molar-refractivity contribution in [3.8, 4) is 0 Å². The van der Waals surface area contributed by atoms with Gasteiger partial charge in [-0.3, -0.25) is 24.0 Å². The van der Waals surface area contributed by atoms with Crippen LogP contribution in [0.2, 0.25) is 0 Å². The minimum atomic E-state index is -1.47. The number of H-pyrrole nitrogens is 1. The standard InChI is InChI=1S/C25H25N3O5.C4H10/c1-25(19(30)13-21(32)28(25)2)17-12-18(29)23-22(24(17)33)16(14-27-23)10-11-26-20(31)9-8-15-6-4-3-5-7-15;1-3-4-2/h3-7,12,14,27H,8-11,13H2,1-2H3,(H,26,31);3-4H2,1-2H3. The zero-order valence-corrected chi connectivity index (χ0v) is 22.0. The Labute approximate surface area is 217 Å². The summed E-state index contributed by atoms with van der Waals surface area (Å²) >= 11 is 0. The number of likely N-dealkylation sites (N-methyl/N-ethyl adjacent to an activating group) is 1. The second-order valence-corrected chi connectivity index (χ2v) is 9.53. The van der Waals surface area contributed by atoms with E-state index in [1.54, 1.807) is 6.20 Å². The fourth-order valence-corrected chi connectivity index (χ4v) is 4.40. The minimum Gasteiger partial charge on any atom is -0.358 e. The molecule has 0 radical (unpaired) electrons. The van der Waals surface area contributed by atoms with E-state index in [9.17, 15) is 24.0 Å². The lowest BCUT2D eigenvalue weighted by molar-refractivity contribution is -0.128. The molecule has 196 valence electrons. The van der Waals surface area contributed by atoms with Gasteiger partial charge in [-0.05, 0) is 37.0 Å². The van der Waals surface area contributed by atoms with Crippen molar-refractivity contribution in [1.82, 2.24) is 15.2 Å². The number of amides is 2. The summed E-state index contributed by atoms with van der Waals surface area (Å²) in [5, 5.41) is 2.85. The Morgan fingerprint density at radius 1 is 1.05 bits per heavy atom. The maximum atomic E-state index is 13.4. The number of nitrogens with zero attached hydrogens (tertiary/aromatic N) is 1. The molecular weight excluding hydrogens is 470 g/mol. The molecule has 1 fully saturated rings. The van der Waals surface area contributed by atoms with Gasteiger partial charge in [0.05, 0.1) is 17.7 Å². The number of aryl methyl sites for hydroxylation is 1. The van der Waals surface area contributed by atoms with Crippen LogP contribution in [0.25, 0.3) is 0 Å². The number of carbonyl (C=O) groups excluding carboxylic acids is 5. The molecule has 1 saturated heterocycles. The number of carbonyl (C=O) groups is 5. The quantitative estimate of drug-likeness (QED) is 0.532. The van der Waals surface area contributed by atoms with Gasteiger partial charge in [0.25, 0.3) is 0 Å². The van der Waals surface area contributed by atoms with Crippen LogP contribution in [0.4, 0.5) is 0 Å². The van der Waals surface area contributed by atoms with Gasteiger partial charge in [0.1, 0.15) is 5.54 Å². The second-order valence-electron chi connectivity index (χ2n) is 9.53. The SMILES string of the molecule is CCCC.CN1C(=O)CC(=O)C1(C)C1=CC(=O)c2[nH]cc(CCNC(=O)CCc3ccccc3)c2C1=O. The number of likely N-dealkylation sites (tertiary alicyclic amines) is 1. The monoisotopic (exact) mass is 505 g/mol. The van der Waals surface area contributed by atoms with Crippen molar-refractivity contribution in [2.45, 2.75) is 64.8 Å². The summed E-state index contributed by atoms with van der Waals surface area (Å²) in [7, 11) is 1.46. The number of aromatic nitrogens is 1. The lowest BCUT2D eigenvalue weighted by Gasteiger charge is -2.33. The molecule has 1 aromatic heterocycles. The van der Waals surface area contributed by atoms with Crippen molar-refractivity contribution < 1.29 is 24.0 Å². The summed E-state index contributed by atoms with van der Waals surface area (Å²) in [6.07, 6.45) is 6.40. The highest BCUT2D eigenvalue weighted by Crippen LogP contribution is 2.37. The van der Waals surface area contributed by atoms with Gasteiger partial charge < -0.3 is 15.2 Å². The van der Waals surface area contributed by atoms with Crippen LogP contribution in [-0.2, 0) is 27.2 Å². The summed E-state index contributed by atoms with van der Waals surface area (Å²) in [5.41, 5.74) is 0.567. The molecule has 1 atom stereocenters. The average Bonchev–Trinajstić information content (AvgIpc) is 3.41. The van der Waals surface area contributed by atoms with Gasteiger partial charge in [-0.25, -0.2) is 0 Å². The van der Waals surface area contributed by atoms with Crippen molar-refractivity contribution in [1.29, 1.82) is 0 Å². The highest BCUT2D eigenvalue weighted by molar-refractivity contribution is 6.29. The first-order chi connectivity index (χ1) is 17.6. The molecule has 4 rings (SSSR count). The molecular formula is C29H35N3O5. The molecule has 0 bridgehead atoms. The summed E-state index contributed by atoms with van der Waals surface area (Å²) in [6, 6.07) is 9.71. The molecule has 1 aromatic carbocycles. The Morgan fingerprint density at radius 3 is 2.32 bits per heavy atom. The Kier molecular flexibility index (Phi) is 8.97. The molecule has 2 heterocycles. The zero-order chi connectivity index (χ0) is 27.2. The van der Waals surface area contributed by atoms with E-state index in [4.69, 9.17) is 0 Å². The normalized spacial score (nSPS) is 18.8. The third kappa shape index (κ3) is 5.79. The van der Waals surface area contributed by atoms with Crippen molar-refractivity contribution in [2.75, 3.05) is 13.6 Å². The van der Waals surface area contributed by atoms with Crippen molar-refractivity contribution in [3.05, 3.63) is 70.6 Å². The topological polar surface area (TPSA) is 116 Å². The molecule has 8 heteroatoms. The van der Waals surface area contributed by atoms with Crippen molar-refractivity contribution >= 4 is 29.2 Å². The number of nitrogens with one attached hydrogen (secondary N) is 2. The third-order valence-electron chi connectivity index (χ3n) is 7.08. The number of hydrogen-bond donors (Lipinski definition) is 2. The van der Waals surface area contributed by atoms with E-state index < -0.39 is 22.9 Å². The number of Topliss-reactive ketones (excluding diaryl/α,β-unsaturated/α-hetero) is 2. The number of rotatable bonds is 8. The summed E-state index contributed by atoms with van der Waals surface area (Å²) in [4.78, 5) is 67.0. The Bertz CT molecular complexity index is 1230. The number of allylic oxidation sites excluding steroid dienone is 1. The van der Waals surface area contributed by atoms with Crippen LogP contribution < -0.4 is 5.32 Å². The Morgan fingerprint density at radius 2 is 1.73 bits per heavy atom. The average molecular weight is 506 g/mol. The van der Waals surface area contributed by atoms with Crippen LogP contribution in [0.1, 0.15) is 78.4 Å². The summed E-state index contributed by atoms with van der Waals surface area (Å²) in [5.74, 6) is -1.76. The number of unbranched alkanes of at least 4 members (excludes halogenated alkanes) is 1. The van der Waals surface area contributed by atoms with Gasteiger partial charge in [-0.2, -0.15) is 0 Å². The van der Waals surface area contributed by atoms with Gasteiger partial charge in [-0.1, -0.05) is 57.0 Å². The van der Waals surface area contributed by atoms with Gasteiger partial charge >= 0.3 is 0 Å². The van der Waals surface area contributed by atoms with Crippen molar-refractivity contribution in [2.24, 2.45) is 0 Å². The molecule has 2 aromatic rings. The van der Waals surface area contributed by atoms with E-state index in [0.717, 1.165) is 11.6 Å². The first-order valence-electron chi connectivity index (χ1n) is 12.8. The molecule has 1 aliphatic heterocycles. The number of aromatic amines is 1. The van der Waals surface area contributed by atoms with Crippen LogP contribution >= 0.6 is 0 Å².